The summed E-state index contributed by atoms with van der Waals surface area (Å²) in [7, 11) is 0. The topological polar surface area (TPSA) is 89.8 Å². The van der Waals surface area contributed by atoms with E-state index in [4.69, 9.17) is 0 Å². The lowest BCUT2D eigenvalue weighted by Gasteiger charge is -2.21. The van der Waals surface area contributed by atoms with Crippen LogP contribution in [0.3, 0.4) is 0 Å². The Labute approximate surface area is 217 Å². The summed E-state index contributed by atoms with van der Waals surface area (Å²) in [5, 5.41) is 32.6. The third-order valence-electron chi connectivity index (χ3n) is 6.88. The predicted octanol–water partition coefficient (Wildman–Crippen LogP) is 6.97. The van der Waals surface area contributed by atoms with Crippen molar-refractivity contribution in [1.29, 1.82) is 0 Å². The molecule has 0 saturated heterocycles. The molecule has 0 aliphatic carbocycles. The highest BCUT2D eigenvalue weighted by Crippen LogP contribution is 2.13. The van der Waals surface area contributed by atoms with Crippen LogP contribution in [-0.4, -0.2) is 46.1 Å². The van der Waals surface area contributed by atoms with Crippen molar-refractivity contribution in [1.82, 2.24) is 5.32 Å². The second-order valence-corrected chi connectivity index (χ2v) is 10.3. The van der Waals surface area contributed by atoms with Crippen LogP contribution in [-0.2, 0) is 4.79 Å². The second kappa shape index (κ2) is 26.2. The summed E-state index contributed by atoms with van der Waals surface area (Å²) in [6.07, 6.45) is 26.5. The van der Waals surface area contributed by atoms with Gasteiger partial charge in [0.25, 0.3) is 0 Å². The van der Waals surface area contributed by atoms with Gasteiger partial charge in [-0.25, -0.2) is 0 Å². The van der Waals surface area contributed by atoms with E-state index < -0.39 is 24.2 Å². The number of unbranched alkanes of at least 4 members (excludes halogenated alkanes) is 18. The molecule has 4 N–H and O–H groups in total. The minimum Gasteiger partial charge on any atom is -0.394 e. The molecule has 0 spiro atoms. The van der Waals surface area contributed by atoms with Gasteiger partial charge in [-0.1, -0.05) is 142 Å². The van der Waals surface area contributed by atoms with Crippen molar-refractivity contribution in [3.63, 3.8) is 0 Å². The molecule has 0 unspecified atom stereocenters. The van der Waals surface area contributed by atoms with Crippen molar-refractivity contribution in [3.05, 3.63) is 12.2 Å². The lowest BCUT2D eigenvalue weighted by molar-refractivity contribution is -0.131. The van der Waals surface area contributed by atoms with Crippen molar-refractivity contribution in [2.75, 3.05) is 6.61 Å². The molecule has 0 aromatic heterocycles. The highest BCUT2D eigenvalue weighted by atomic mass is 16.3. The van der Waals surface area contributed by atoms with Gasteiger partial charge in [-0.3, -0.25) is 4.79 Å². The smallest absolute Gasteiger partial charge is 0.249 e. The number of hydrogen-bond acceptors (Lipinski definition) is 4. The van der Waals surface area contributed by atoms with E-state index >= 15 is 0 Å². The van der Waals surface area contributed by atoms with Crippen molar-refractivity contribution >= 4 is 5.91 Å². The molecular weight excluding hydrogens is 438 g/mol. The highest BCUT2D eigenvalue weighted by Gasteiger charge is 2.22. The summed E-state index contributed by atoms with van der Waals surface area (Å²) in [5.41, 5.74) is 0. The van der Waals surface area contributed by atoms with Crippen LogP contribution in [0.2, 0.25) is 0 Å². The van der Waals surface area contributed by atoms with Gasteiger partial charge in [0, 0.05) is 0 Å². The molecule has 0 aliphatic heterocycles. The van der Waals surface area contributed by atoms with Gasteiger partial charge in [0.1, 0.15) is 6.10 Å². The molecule has 0 saturated carbocycles. The van der Waals surface area contributed by atoms with Gasteiger partial charge in [0.2, 0.25) is 5.91 Å². The molecule has 1 amide bonds. The van der Waals surface area contributed by atoms with Gasteiger partial charge >= 0.3 is 0 Å². The number of rotatable bonds is 26. The molecule has 0 aliphatic rings. The quantitative estimate of drug-likeness (QED) is 0.0767. The van der Waals surface area contributed by atoms with E-state index in [-0.39, 0.29) is 6.61 Å². The zero-order valence-electron chi connectivity index (χ0n) is 23.2. The molecule has 0 radical (unpaired) electrons. The molecule has 208 valence electrons. The summed E-state index contributed by atoms with van der Waals surface area (Å²) in [6.45, 7) is 4.10. The minimum absolute atomic E-state index is 0.361. The SMILES string of the molecule is CCCCCCCCCCCCC/C=C/[C@@H](O)[C@H](CO)NC(=O)[C@H](O)CCCCCCCCCC. The largest absolute Gasteiger partial charge is 0.394 e. The lowest BCUT2D eigenvalue weighted by Crippen LogP contribution is -2.48. The van der Waals surface area contributed by atoms with Crippen LogP contribution in [0.1, 0.15) is 149 Å². The lowest BCUT2D eigenvalue weighted by atomic mass is 10.0. The van der Waals surface area contributed by atoms with Crippen LogP contribution in [0.25, 0.3) is 0 Å². The Bertz CT molecular complexity index is 483. The van der Waals surface area contributed by atoms with Crippen molar-refractivity contribution < 1.29 is 20.1 Å². The molecule has 3 atom stereocenters. The van der Waals surface area contributed by atoms with E-state index in [1.807, 2.05) is 6.08 Å². The minimum atomic E-state index is -1.09. The molecule has 0 aromatic rings. The zero-order valence-corrected chi connectivity index (χ0v) is 23.2. The van der Waals surface area contributed by atoms with E-state index in [9.17, 15) is 20.1 Å². The summed E-state index contributed by atoms with van der Waals surface area (Å²) in [4.78, 5) is 12.2. The average Bonchev–Trinajstić information content (AvgIpc) is 2.86. The van der Waals surface area contributed by atoms with Crippen LogP contribution in [0.4, 0.5) is 0 Å². The number of carbonyl (C=O) groups excluding carboxylic acids is 1. The fourth-order valence-electron chi connectivity index (χ4n) is 4.42. The number of nitrogens with one attached hydrogen (secondary N) is 1. The fourth-order valence-corrected chi connectivity index (χ4v) is 4.42. The molecular formula is C30H59NO4. The number of hydrogen-bond donors (Lipinski definition) is 4. The Morgan fingerprint density at radius 2 is 1.11 bits per heavy atom. The standard InChI is InChI=1S/C30H59NO4/c1-3-5-7-9-11-13-14-15-16-17-19-20-22-24-28(33)27(26-32)31-30(35)29(34)25-23-21-18-12-10-8-6-4-2/h22,24,27-29,32-34H,3-21,23,25-26H2,1-2H3,(H,31,35)/b24-22+/t27-,28+,29+/m0/s1. The molecule has 0 aromatic carbocycles. The number of allylic oxidation sites excluding steroid dienone is 1. The number of aliphatic hydroxyl groups is 3. The number of carbonyl (C=O) groups is 1. The van der Waals surface area contributed by atoms with Gasteiger partial charge in [0.15, 0.2) is 0 Å². The van der Waals surface area contributed by atoms with Gasteiger partial charge in [-0.2, -0.15) is 0 Å². The maximum absolute atomic E-state index is 12.2. The summed E-state index contributed by atoms with van der Waals surface area (Å²) >= 11 is 0. The average molecular weight is 498 g/mol. The van der Waals surface area contributed by atoms with Gasteiger partial charge in [-0.15, -0.1) is 0 Å². The number of aliphatic hydroxyl groups excluding tert-OH is 3. The second-order valence-electron chi connectivity index (χ2n) is 10.3. The van der Waals surface area contributed by atoms with Crippen LogP contribution in [0.15, 0.2) is 12.2 Å². The molecule has 0 heterocycles. The molecule has 0 bridgehead atoms. The Morgan fingerprint density at radius 1 is 0.686 bits per heavy atom. The Hall–Kier alpha value is -0.910. The van der Waals surface area contributed by atoms with Gasteiger partial charge in [0.05, 0.1) is 18.8 Å². The highest BCUT2D eigenvalue weighted by molar-refractivity contribution is 5.80. The molecule has 0 fully saturated rings. The van der Waals surface area contributed by atoms with Crippen LogP contribution < -0.4 is 5.32 Å². The number of amides is 1. The van der Waals surface area contributed by atoms with Gasteiger partial charge in [-0.05, 0) is 19.3 Å². The van der Waals surface area contributed by atoms with E-state index in [1.54, 1.807) is 6.08 Å². The van der Waals surface area contributed by atoms with E-state index in [0.717, 1.165) is 32.1 Å². The summed E-state index contributed by atoms with van der Waals surface area (Å²) in [6, 6.07) is -0.788. The Balaban J connectivity index is 3.83. The first-order chi connectivity index (χ1) is 17.1. The third kappa shape index (κ3) is 22.0. The molecule has 5 heteroatoms. The van der Waals surface area contributed by atoms with E-state index in [1.165, 1.54) is 96.3 Å². The van der Waals surface area contributed by atoms with Crippen LogP contribution in [0.5, 0.6) is 0 Å². The predicted molar refractivity (Wildman–Crippen MR) is 148 cm³/mol. The molecule has 0 rings (SSSR count). The van der Waals surface area contributed by atoms with E-state index in [0.29, 0.717) is 6.42 Å². The van der Waals surface area contributed by atoms with Crippen molar-refractivity contribution in [2.24, 2.45) is 0 Å². The van der Waals surface area contributed by atoms with Crippen LogP contribution in [0, 0.1) is 0 Å². The maximum Gasteiger partial charge on any atom is 0.249 e. The van der Waals surface area contributed by atoms with Crippen molar-refractivity contribution in [2.45, 2.75) is 167 Å². The first kappa shape index (κ1) is 34.1. The van der Waals surface area contributed by atoms with Crippen LogP contribution >= 0.6 is 0 Å². The van der Waals surface area contributed by atoms with Gasteiger partial charge < -0.3 is 20.6 Å². The Kier molecular flexibility index (Phi) is 25.5. The molecule has 35 heavy (non-hydrogen) atoms. The first-order valence-electron chi connectivity index (χ1n) is 15.0. The Morgan fingerprint density at radius 3 is 1.57 bits per heavy atom. The van der Waals surface area contributed by atoms with Crippen molar-refractivity contribution in [3.8, 4) is 0 Å². The third-order valence-corrected chi connectivity index (χ3v) is 6.88. The summed E-state index contributed by atoms with van der Waals surface area (Å²) in [5.74, 6) is -0.509. The first-order valence-corrected chi connectivity index (χ1v) is 15.0. The summed E-state index contributed by atoms with van der Waals surface area (Å²) < 4.78 is 0. The molecule has 5 nitrogen and oxygen atoms in total. The normalized spacial score (nSPS) is 14.3. The monoisotopic (exact) mass is 497 g/mol. The fraction of sp³-hybridized carbons (Fsp3) is 0.900. The zero-order chi connectivity index (χ0) is 26.0. The maximum atomic E-state index is 12.2. The van der Waals surface area contributed by atoms with E-state index in [2.05, 4.69) is 19.2 Å².